The van der Waals surface area contributed by atoms with E-state index in [2.05, 4.69) is 28.4 Å². The topological polar surface area (TPSA) is 50.8 Å². The van der Waals surface area contributed by atoms with Crippen LogP contribution in [0.1, 0.15) is 61.9 Å². The Morgan fingerprint density at radius 3 is 2.42 bits per heavy atom. The molecule has 5 heteroatoms. The zero-order valence-corrected chi connectivity index (χ0v) is 18.5. The van der Waals surface area contributed by atoms with Crippen LogP contribution in [0.5, 0.6) is 5.75 Å². The average molecular weight is 421 g/mol. The van der Waals surface area contributed by atoms with Crippen LogP contribution < -0.4 is 10.1 Å². The van der Waals surface area contributed by atoms with E-state index in [-0.39, 0.29) is 11.9 Å². The third-order valence-electron chi connectivity index (χ3n) is 6.90. The summed E-state index contributed by atoms with van der Waals surface area (Å²) in [5, 5.41) is 2.93. The lowest BCUT2D eigenvalue weighted by atomic mass is 9.89. The van der Waals surface area contributed by atoms with Crippen molar-refractivity contribution < 1.29 is 14.3 Å². The molecule has 0 aromatic heterocycles. The number of rotatable bonds is 4. The number of fused-ring (bicyclic) bond motifs is 1. The summed E-state index contributed by atoms with van der Waals surface area (Å²) >= 11 is 0. The first-order valence-electron chi connectivity index (χ1n) is 11.6. The quantitative estimate of drug-likeness (QED) is 0.776. The monoisotopic (exact) mass is 420 g/mol. The maximum absolute atomic E-state index is 12.2. The second-order valence-corrected chi connectivity index (χ2v) is 9.45. The zero-order chi connectivity index (χ0) is 21.4. The molecule has 1 aliphatic carbocycles. The molecule has 1 saturated heterocycles. The van der Waals surface area contributed by atoms with Crippen LogP contribution in [0.2, 0.25) is 0 Å². The van der Waals surface area contributed by atoms with Crippen LogP contribution in [0.25, 0.3) is 11.1 Å². The van der Waals surface area contributed by atoms with Crippen molar-refractivity contribution in [2.24, 2.45) is 0 Å². The van der Waals surface area contributed by atoms with Gasteiger partial charge in [0, 0.05) is 49.1 Å². The average Bonchev–Trinajstić information content (AvgIpc) is 2.73. The minimum Gasteiger partial charge on any atom is -0.462 e. The van der Waals surface area contributed by atoms with E-state index in [0.29, 0.717) is 12.2 Å². The van der Waals surface area contributed by atoms with Crippen LogP contribution >= 0.6 is 0 Å². The first-order valence-corrected chi connectivity index (χ1v) is 11.6. The highest BCUT2D eigenvalue weighted by atomic mass is 16.7. The van der Waals surface area contributed by atoms with Gasteiger partial charge in [0.25, 0.3) is 5.91 Å². The van der Waals surface area contributed by atoms with Crippen LogP contribution in [0.4, 0.5) is 0 Å². The normalized spacial score (nSPS) is 20.7. The molecule has 0 unspecified atom stereocenters. The van der Waals surface area contributed by atoms with E-state index < -0.39 is 5.79 Å². The highest BCUT2D eigenvalue weighted by molar-refractivity contribution is 5.94. The van der Waals surface area contributed by atoms with E-state index in [4.69, 9.17) is 9.47 Å². The number of nitrogens with zero attached hydrogens (tertiary/aromatic N) is 1. The Hall–Kier alpha value is -2.37. The van der Waals surface area contributed by atoms with Crippen molar-refractivity contribution in [2.45, 2.75) is 70.4 Å². The minimum absolute atomic E-state index is 0.0394. The Bertz CT molecular complexity index is 942. The maximum atomic E-state index is 12.2. The summed E-state index contributed by atoms with van der Waals surface area (Å²) in [5.41, 5.74) is 3.96. The molecule has 31 heavy (non-hydrogen) atoms. The Morgan fingerprint density at radius 1 is 1.06 bits per heavy atom. The number of amides is 1. The van der Waals surface area contributed by atoms with Crippen LogP contribution in [0.3, 0.4) is 0 Å². The molecule has 0 radical (unpaired) electrons. The Kier molecular flexibility index (Phi) is 5.49. The van der Waals surface area contributed by atoms with Gasteiger partial charge in [-0.05, 0) is 62.1 Å². The number of nitrogens with one attached hydrogen (secondary N) is 1. The van der Waals surface area contributed by atoms with Crippen molar-refractivity contribution in [3.05, 3.63) is 53.6 Å². The molecule has 2 heterocycles. The number of hydrogen-bond acceptors (Lipinski definition) is 4. The van der Waals surface area contributed by atoms with Crippen LogP contribution in [-0.4, -0.2) is 41.8 Å². The van der Waals surface area contributed by atoms with Crippen LogP contribution in [-0.2, 0) is 11.3 Å². The van der Waals surface area contributed by atoms with E-state index in [9.17, 15) is 4.79 Å². The number of benzene rings is 2. The number of carbonyl (C=O) groups is 1. The van der Waals surface area contributed by atoms with Crippen molar-refractivity contribution >= 4 is 5.91 Å². The van der Waals surface area contributed by atoms with E-state index >= 15 is 0 Å². The van der Waals surface area contributed by atoms with Gasteiger partial charge in [0.1, 0.15) is 5.75 Å². The highest BCUT2D eigenvalue weighted by Crippen LogP contribution is 2.40. The van der Waals surface area contributed by atoms with Crippen molar-refractivity contribution in [1.29, 1.82) is 0 Å². The molecule has 1 saturated carbocycles. The van der Waals surface area contributed by atoms with E-state index in [1.165, 1.54) is 19.3 Å². The lowest BCUT2D eigenvalue weighted by molar-refractivity contribution is -0.231. The summed E-state index contributed by atoms with van der Waals surface area (Å²) in [6.45, 7) is 6.64. The molecule has 1 spiro atoms. The highest BCUT2D eigenvalue weighted by Gasteiger charge is 2.42. The molecular weight excluding hydrogens is 388 g/mol. The smallest absolute Gasteiger partial charge is 0.251 e. The van der Waals surface area contributed by atoms with E-state index in [1.807, 2.05) is 38.1 Å². The summed E-state index contributed by atoms with van der Waals surface area (Å²) in [5.74, 6) is 0.447. The second-order valence-electron chi connectivity index (χ2n) is 9.45. The molecule has 5 rings (SSSR count). The second kappa shape index (κ2) is 8.29. The largest absolute Gasteiger partial charge is 0.462 e. The van der Waals surface area contributed by atoms with Crippen LogP contribution in [0, 0.1) is 0 Å². The van der Waals surface area contributed by atoms with Gasteiger partial charge in [-0.2, -0.15) is 0 Å². The predicted molar refractivity (Wildman–Crippen MR) is 121 cm³/mol. The standard InChI is InChI=1S/C26H32N2O3/c1-18(2)27-25(29)20-8-6-19(7-9-20)21-10-11-24-22(16-21)17-30-26(31-24)12-14-28(15-13-26)23-4-3-5-23/h6-11,16,18,23H,3-5,12-15,17H2,1-2H3,(H,27,29). The summed E-state index contributed by atoms with van der Waals surface area (Å²) < 4.78 is 12.7. The summed E-state index contributed by atoms with van der Waals surface area (Å²) in [7, 11) is 0. The van der Waals surface area contributed by atoms with E-state index in [1.54, 1.807) is 0 Å². The van der Waals surface area contributed by atoms with Gasteiger partial charge in [-0.25, -0.2) is 0 Å². The Morgan fingerprint density at radius 2 is 1.77 bits per heavy atom. The van der Waals surface area contributed by atoms with Crippen molar-refractivity contribution in [3.63, 3.8) is 0 Å². The summed E-state index contributed by atoms with van der Waals surface area (Å²) in [6.07, 6.45) is 5.95. The molecule has 0 bridgehead atoms. The number of hydrogen-bond donors (Lipinski definition) is 1. The van der Waals surface area contributed by atoms with Gasteiger partial charge in [0.15, 0.2) is 0 Å². The molecule has 3 aliphatic rings. The molecule has 1 amide bonds. The number of carbonyl (C=O) groups excluding carboxylic acids is 1. The van der Waals surface area contributed by atoms with Gasteiger partial charge in [0.2, 0.25) is 5.79 Å². The van der Waals surface area contributed by atoms with Gasteiger partial charge in [-0.3, -0.25) is 9.69 Å². The van der Waals surface area contributed by atoms with Crippen molar-refractivity contribution in [3.8, 4) is 16.9 Å². The third-order valence-corrected chi connectivity index (χ3v) is 6.90. The van der Waals surface area contributed by atoms with Gasteiger partial charge >= 0.3 is 0 Å². The molecular formula is C26H32N2O3. The number of likely N-dealkylation sites (tertiary alicyclic amines) is 1. The van der Waals surface area contributed by atoms with Gasteiger partial charge in [-0.15, -0.1) is 0 Å². The lowest BCUT2D eigenvalue weighted by Gasteiger charge is -2.47. The minimum atomic E-state index is -0.458. The maximum Gasteiger partial charge on any atom is 0.251 e. The first kappa shape index (κ1) is 20.5. The van der Waals surface area contributed by atoms with Gasteiger partial charge < -0.3 is 14.8 Å². The molecule has 2 fully saturated rings. The number of piperidine rings is 1. The molecule has 2 aliphatic heterocycles. The molecule has 0 atom stereocenters. The fraction of sp³-hybridized carbons (Fsp3) is 0.500. The predicted octanol–water partition coefficient (Wildman–Crippen LogP) is 4.75. The molecule has 2 aromatic rings. The van der Waals surface area contributed by atoms with Crippen molar-refractivity contribution in [1.82, 2.24) is 10.2 Å². The Balaban J connectivity index is 1.26. The zero-order valence-electron chi connectivity index (χ0n) is 18.5. The lowest BCUT2D eigenvalue weighted by Crippen LogP contribution is -2.54. The third kappa shape index (κ3) is 4.21. The molecule has 5 nitrogen and oxygen atoms in total. The van der Waals surface area contributed by atoms with Crippen molar-refractivity contribution in [2.75, 3.05) is 13.1 Å². The summed E-state index contributed by atoms with van der Waals surface area (Å²) in [6, 6.07) is 15.0. The summed E-state index contributed by atoms with van der Waals surface area (Å²) in [4.78, 5) is 14.8. The number of ether oxygens (including phenoxy) is 2. The Labute approximate surface area is 184 Å². The van der Waals surface area contributed by atoms with Crippen LogP contribution in [0.15, 0.2) is 42.5 Å². The van der Waals surface area contributed by atoms with Gasteiger partial charge in [0.05, 0.1) is 6.61 Å². The fourth-order valence-corrected chi connectivity index (χ4v) is 4.80. The molecule has 164 valence electrons. The molecule has 2 aromatic carbocycles. The van der Waals surface area contributed by atoms with E-state index in [0.717, 1.165) is 54.4 Å². The molecule has 1 N–H and O–H groups in total. The fourth-order valence-electron chi connectivity index (χ4n) is 4.80. The first-order chi connectivity index (χ1) is 15.0. The van der Waals surface area contributed by atoms with Gasteiger partial charge in [-0.1, -0.05) is 24.6 Å². The SMILES string of the molecule is CC(C)NC(=O)c1ccc(-c2ccc3c(c2)COC2(CCN(C4CCC4)CC2)O3)cc1.